The molecule has 2 amide bonds. The van der Waals surface area contributed by atoms with Crippen molar-refractivity contribution >= 4 is 45.8 Å². The van der Waals surface area contributed by atoms with Crippen molar-refractivity contribution in [1.29, 1.82) is 0 Å². The van der Waals surface area contributed by atoms with Crippen LogP contribution in [0.25, 0.3) is 0 Å². The summed E-state index contributed by atoms with van der Waals surface area (Å²) in [5.74, 6) is 0.0412. The highest BCUT2D eigenvalue weighted by Gasteiger charge is 2.35. The smallest absolute Gasteiger partial charge is 0.241 e. The minimum absolute atomic E-state index is 0.0390. The van der Waals surface area contributed by atoms with Gasteiger partial charge in [0.25, 0.3) is 0 Å². The van der Waals surface area contributed by atoms with E-state index in [9.17, 15) is 9.59 Å². The Bertz CT molecular complexity index is 589. The van der Waals surface area contributed by atoms with Crippen LogP contribution < -0.4 is 5.32 Å². The number of carbonyl (C=O) groups is 2. The van der Waals surface area contributed by atoms with Gasteiger partial charge in [-0.25, -0.2) is 0 Å². The molecule has 2 rings (SSSR count). The Morgan fingerprint density at radius 3 is 2.86 bits per heavy atom. The third-order valence-electron chi connectivity index (χ3n) is 3.46. The highest BCUT2D eigenvalue weighted by molar-refractivity contribution is 8.24. The molecule has 0 bridgehead atoms. The third kappa shape index (κ3) is 4.30. The van der Waals surface area contributed by atoms with Crippen LogP contribution >= 0.6 is 24.0 Å². The Labute approximate surface area is 140 Å². The van der Waals surface area contributed by atoms with Crippen LogP contribution in [-0.4, -0.2) is 32.8 Å². The van der Waals surface area contributed by atoms with Gasteiger partial charge in [0.2, 0.25) is 11.8 Å². The number of amides is 2. The van der Waals surface area contributed by atoms with Gasteiger partial charge in [-0.3, -0.25) is 14.5 Å². The molecule has 22 heavy (non-hydrogen) atoms. The Morgan fingerprint density at radius 2 is 2.23 bits per heavy atom. The maximum Gasteiger partial charge on any atom is 0.241 e. The lowest BCUT2D eigenvalue weighted by Gasteiger charge is -2.15. The predicted molar refractivity (Wildman–Crippen MR) is 95.0 cm³/mol. The Kier molecular flexibility index (Phi) is 5.97. The number of nitrogens with zero attached hydrogens (tertiary/aromatic N) is 1. The number of benzene rings is 1. The SMILES string of the molecule is CCC1SC(=S)N(CCCC(=O)Nc2cccc(C)c2)C1=O. The van der Waals surface area contributed by atoms with Crippen molar-refractivity contribution in [1.82, 2.24) is 4.90 Å². The lowest BCUT2D eigenvalue weighted by Crippen LogP contribution is -2.32. The van der Waals surface area contributed by atoms with Crippen LogP contribution in [0.5, 0.6) is 0 Å². The van der Waals surface area contributed by atoms with E-state index in [0.29, 0.717) is 23.7 Å². The Hall–Kier alpha value is -1.40. The monoisotopic (exact) mass is 336 g/mol. The van der Waals surface area contributed by atoms with Gasteiger partial charge >= 0.3 is 0 Å². The summed E-state index contributed by atoms with van der Waals surface area (Å²) in [6.45, 7) is 4.48. The summed E-state index contributed by atoms with van der Waals surface area (Å²) in [6, 6.07) is 7.69. The molecule has 6 heteroatoms. The molecule has 1 unspecified atom stereocenters. The van der Waals surface area contributed by atoms with Crippen LogP contribution in [0.1, 0.15) is 31.7 Å². The molecule has 1 saturated heterocycles. The van der Waals surface area contributed by atoms with Crippen molar-refractivity contribution in [2.45, 2.75) is 38.4 Å². The second-order valence-electron chi connectivity index (χ2n) is 5.29. The second-order valence-corrected chi connectivity index (χ2v) is 7.13. The lowest BCUT2D eigenvalue weighted by molar-refractivity contribution is -0.126. The minimum Gasteiger partial charge on any atom is -0.326 e. The van der Waals surface area contributed by atoms with Crippen LogP contribution in [0, 0.1) is 6.92 Å². The summed E-state index contributed by atoms with van der Waals surface area (Å²) in [5.41, 5.74) is 1.91. The molecule has 0 aliphatic carbocycles. The zero-order valence-electron chi connectivity index (χ0n) is 12.8. The van der Waals surface area contributed by atoms with Crippen LogP contribution in [0.2, 0.25) is 0 Å². The van der Waals surface area contributed by atoms with Crippen molar-refractivity contribution in [2.24, 2.45) is 0 Å². The topological polar surface area (TPSA) is 49.4 Å². The van der Waals surface area contributed by atoms with E-state index in [1.54, 1.807) is 4.90 Å². The molecule has 1 aliphatic rings. The number of rotatable bonds is 6. The first-order chi connectivity index (χ1) is 10.5. The number of aryl methyl sites for hydroxylation is 1. The standard InChI is InChI=1S/C16H20N2O2S2/c1-3-13-15(20)18(16(21)22-13)9-5-8-14(19)17-12-7-4-6-11(2)10-12/h4,6-7,10,13H,3,5,8-9H2,1-2H3,(H,17,19). The van der Waals surface area contributed by atoms with Crippen molar-refractivity contribution in [3.63, 3.8) is 0 Å². The molecule has 1 aromatic rings. The quantitative estimate of drug-likeness (QED) is 0.809. The van der Waals surface area contributed by atoms with E-state index in [1.165, 1.54) is 11.8 Å². The van der Waals surface area contributed by atoms with Crippen LogP contribution in [0.15, 0.2) is 24.3 Å². The molecule has 0 saturated carbocycles. The van der Waals surface area contributed by atoms with Gasteiger partial charge in [0.05, 0.1) is 5.25 Å². The maximum absolute atomic E-state index is 12.1. The lowest BCUT2D eigenvalue weighted by atomic mass is 10.2. The second kappa shape index (κ2) is 7.74. The zero-order valence-corrected chi connectivity index (χ0v) is 14.4. The van der Waals surface area contributed by atoms with Crippen molar-refractivity contribution in [3.8, 4) is 0 Å². The summed E-state index contributed by atoms with van der Waals surface area (Å²) in [6.07, 6.45) is 1.77. The van der Waals surface area contributed by atoms with Gasteiger partial charge in [0.1, 0.15) is 4.32 Å². The van der Waals surface area contributed by atoms with Gasteiger partial charge in [-0.05, 0) is 37.5 Å². The summed E-state index contributed by atoms with van der Waals surface area (Å²) in [5, 5.41) is 2.82. The molecule has 1 aromatic carbocycles. The first-order valence-electron chi connectivity index (χ1n) is 7.39. The van der Waals surface area contributed by atoms with Gasteiger partial charge in [-0.1, -0.05) is 43.0 Å². The van der Waals surface area contributed by atoms with Gasteiger partial charge in [-0.15, -0.1) is 0 Å². The highest BCUT2D eigenvalue weighted by atomic mass is 32.2. The minimum atomic E-state index is -0.0476. The number of thioether (sulfide) groups is 1. The van der Waals surface area contributed by atoms with E-state index >= 15 is 0 Å². The predicted octanol–water partition coefficient (Wildman–Crippen LogP) is 3.35. The van der Waals surface area contributed by atoms with Crippen molar-refractivity contribution < 1.29 is 9.59 Å². The fourth-order valence-electron chi connectivity index (χ4n) is 2.30. The number of hydrogen-bond donors (Lipinski definition) is 1. The molecule has 0 spiro atoms. The fraction of sp³-hybridized carbons (Fsp3) is 0.438. The van der Waals surface area contributed by atoms with Crippen molar-refractivity contribution in [3.05, 3.63) is 29.8 Å². The summed E-state index contributed by atoms with van der Waals surface area (Å²) >= 11 is 6.68. The summed E-state index contributed by atoms with van der Waals surface area (Å²) < 4.78 is 0.635. The van der Waals surface area contributed by atoms with E-state index in [-0.39, 0.29) is 17.1 Å². The van der Waals surface area contributed by atoms with Gasteiger partial charge in [0.15, 0.2) is 0 Å². The number of carbonyl (C=O) groups excluding carboxylic acids is 2. The molecule has 118 valence electrons. The third-order valence-corrected chi connectivity index (χ3v) is 5.21. The van der Waals surface area contributed by atoms with Gasteiger partial charge in [-0.2, -0.15) is 0 Å². The molecular weight excluding hydrogens is 316 g/mol. The first kappa shape index (κ1) is 17.0. The summed E-state index contributed by atoms with van der Waals surface area (Å²) in [4.78, 5) is 25.6. The van der Waals surface area contributed by atoms with E-state index in [4.69, 9.17) is 12.2 Å². The van der Waals surface area contributed by atoms with Crippen LogP contribution in [0.3, 0.4) is 0 Å². The van der Waals surface area contributed by atoms with E-state index < -0.39 is 0 Å². The molecule has 0 aromatic heterocycles. The molecule has 1 aliphatic heterocycles. The van der Waals surface area contributed by atoms with Gasteiger partial charge < -0.3 is 5.32 Å². The molecule has 1 N–H and O–H groups in total. The first-order valence-corrected chi connectivity index (χ1v) is 8.68. The van der Waals surface area contributed by atoms with Gasteiger partial charge in [0, 0.05) is 18.7 Å². The summed E-state index contributed by atoms with van der Waals surface area (Å²) in [7, 11) is 0. The van der Waals surface area contributed by atoms with Crippen LogP contribution in [0.4, 0.5) is 5.69 Å². The normalized spacial score (nSPS) is 17.9. The molecular formula is C16H20N2O2S2. The number of nitrogens with one attached hydrogen (secondary N) is 1. The zero-order chi connectivity index (χ0) is 16.1. The average molecular weight is 336 g/mol. The molecule has 1 atom stereocenters. The maximum atomic E-state index is 12.1. The van der Waals surface area contributed by atoms with Crippen molar-refractivity contribution in [2.75, 3.05) is 11.9 Å². The molecule has 1 heterocycles. The Morgan fingerprint density at radius 1 is 1.45 bits per heavy atom. The van der Waals surface area contributed by atoms with E-state index in [0.717, 1.165) is 17.7 Å². The average Bonchev–Trinajstić information content (AvgIpc) is 2.74. The van der Waals surface area contributed by atoms with E-state index in [1.807, 2.05) is 38.1 Å². The molecule has 1 fully saturated rings. The highest BCUT2D eigenvalue weighted by Crippen LogP contribution is 2.29. The molecule has 0 radical (unpaired) electrons. The number of anilines is 1. The number of thiocarbonyl (C=S) groups is 1. The number of hydrogen-bond acceptors (Lipinski definition) is 4. The van der Waals surface area contributed by atoms with E-state index in [2.05, 4.69) is 5.32 Å². The Balaban J connectivity index is 1.78. The molecule has 4 nitrogen and oxygen atoms in total. The largest absolute Gasteiger partial charge is 0.326 e. The fourth-order valence-corrected chi connectivity index (χ4v) is 3.78. The van der Waals surface area contributed by atoms with Crippen LogP contribution in [-0.2, 0) is 9.59 Å².